The second-order valence-corrected chi connectivity index (χ2v) is 5.98. The molecule has 1 aromatic rings. The van der Waals surface area contributed by atoms with E-state index in [2.05, 4.69) is 0 Å². The van der Waals surface area contributed by atoms with Crippen LogP contribution in [-0.4, -0.2) is 37.0 Å². The summed E-state index contributed by atoms with van der Waals surface area (Å²) in [5, 5.41) is 0. The molecule has 128 valence electrons. The Hall–Kier alpha value is -1.53. The number of nitrogens with two attached hydrogens (primary N) is 1. The van der Waals surface area contributed by atoms with Crippen LogP contribution < -0.4 is 5.73 Å². The van der Waals surface area contributed by atoms with E-state index < -0.39 is 23.2 Å². The van der Waals surface area contributed by atoms with Crippen molar-refractivity contribution < 1.29 is 18.3 Å². The van der Waals surface area contributed by atoms with Crippen LogP contribution in [0.1, 0.15) is 38.4 Å². The van der Waals surface area contributed by atoms with Crippen LogP contribution in [0.5, 0.6) is 0 Å². The first-order valence-corrected chi connectivity index (χ1v) is 8.03. The summed E-state index contributed by atoms with van der Waals surface area (Å²) in [5.74, 6) is -1.79. The zero-order chi connectivity index (χ0) is 17.0. The highest BCUT2D eigenvalue weighted by atomic mass is 19.2. The molecule has 2 N–H and O–H groups in total. The second kappa shape index (κ2) is 7.36. The third-order valence-electron chi connectivity index (χ3n) is 4.87. The van der Waals surface area contributed by atoms with Crippen LogP contribution in [0, 0.1) is 17.0 Å². The van der Waals surface area contributed by atoms with Crippen molar-refractivity contribution >= 4 is 5.91 Å². The minimum absolute atomic E-state index is 0.0147. The molecule has 1 aliphatic rings. The average molecular weight is 326 g/mol. The molecule has 0 aliphatic carbocycles. The SMILES string of the molecule is CCC(CC)(CN)C(=O)N1CCOC(c2ccc(F)c(F)c2)C1. The van der Waals surface area contributed by atoms with Crippen molar-refractivity contribution in [2.24, 2.45) is 11.1 Å². The number of amides is 1. The maximum Gasteiger partial charge on any atom is 0.230 e. The zero-order valence-corrected chi connectivity index (χ0v) is 13.6. The van der Waals surface area contributed by atoms with Gasteiger partial charge in [-0.3, -0.25) is 4.79 Å². The van der Waals surface area contributed by atoms with Crippen molar-refractivity contribution in [2.45, 2.75) is 32.8 Å². The molecule has 6 heteroatoms. The lowest BCUT2D eigenvalue weighted by atomic mass is 9.80. The van der Waals surface area contributed by atoms with Crippen molar-refractivity contribution in [1.29, 1.82) is 0 Å². The molecule has 4 nitrogen and oxygen atoms in total. The van der Waals surface area contributed by atoms with E-state index in [1.165, 1.54) is 6.07 Å². The third kappa shape index (κ3) is 3.53. The van der Waals surface area contributed by atoms with E-state index in [4.69, 9.17) is 10.5 Å². The van der Waals surface area contributed by atoms with Crippen LogP contribution in [0.2, 0.25) is 0 Å². The van der Waals surface area contributed by atoms with Crippen LogP contribution >= 0.6 is 0 Å². The lowest BCUT2D eigenvalue weighted by Gasteiger charge is -2.39. The summed E-state index contributed by atoms with van der Waals surface area (Å²) in [6.07, 6.45) is 0.893. The van der Waals surface area contributed by atoms with Crippen LogP contribution in [0.3, 0.4) is 0 Å². The molecule has 1 aliphatic heterocycles. The molecule has 0 bridgehead atoms. The van der Waals surface area contributed by atoms with Crippen LogP contribution in [0.25, 0.3) is 0 Å². The Morgan fingerprint density at radius 2 is 2.04 bits per heavy atom. The highest BCUT2D eigenvalue weighted by Crippen LogP contribution is 2.31. The van der Waals surface area contributed by atoms with E-state index in [0.29, 0.717) is 44.6 Å². The monoisotopic (exact) mass is 326 g/mol. The summed E-state index contributed by atoms with van der Waals surface area (Å²) in [4.78, 5) is 14.6. The minimum atomic E-state index is -0.909. The molecule has 0 spiro atoms. The maximum atomic E-state index is 13.4. The molecule has 1 fully saturated rings. The Kier molecular flexibility index (Phi) is 5.70. The molecular weight excluding hydrogens is 302 g/mol. The highest BCUT2D eigenvalue weighted by Gasteiger charge is 2.38. The second-order valence-electron chi connectivity index (χ2n) is 5.98. The number of benzene rings is 1. The van der Waals surface area contributed by atoms with Gasteiger partial charge in [0.1, 0.15) is 6.10 Å². The number of hydrogen-bond donors (Lipinski definition) is 1. The Morgan fingerprint density at radius 1 is 1.35 bits per heavy atom. The quantitative estimate of drug-likeness (QED) is 0.905. The van der Waals surface area contributed by atoms with Gasteiger partial charge in [-0.25, -0.2) is 8.78 Å². The molecule has 1 atom stereocenters. The van der Waals surface area contributed by atoms with Gasteiger partial charge in [-0.15, -0.1) is 0 Å². The first-order valence-electron chi connectivity index (χ1n) is 8.03. The fraction of sp³-hybridized carbons (Fsp3) is 0.588. The van der Waals surface area contributed by atoms with E-state index in [9.17, 15) is 13.6 Å². The summed E-state index contributed by atoms with van der Waals surface area (Å²) < 4.78 is 32.1. The summed E-state index contributed by atoms with van der Waals surface area (Å²) in [6, 6.07) is 3.70. The van der Waals surface area contributed by atoms with Crippen molar-refractivity contribution in [1.82, 2.24) is 4.90 Å². The molecule has 0 saturated carbocycles. The van der Waals surface area contributed by atoms with Crippen LogP contribution in [0.4, 0.5) is 8.78 Å². The molecule has 1 unspecified atom stereocenters. The number of carbonyl (C=O) groups excluding carboxylic acids is 1. The average Bonchev–Trinajstić information content (AvgIpc) is 2.59. The number of carbonyl (C=O) groups is 1. The van der Waals surface area contributed by atoms with E-state index in [1.807, 2.05) is 13.8 Å². The summed E-state index contributed by atoms with van der Waals surface area (Å²) in [5.41, 5.74) is 5.82. The molecule has 23 heavy (non-hydrogen) atoms. The zero-order valence-electron chi connectivity index (χ0n) is 13.6. The first-order chi connectivity index (χ1) is 11.0. The topological polar surface area (TPSA) is 55.6 Å². The van der Waals surface area contributed by atoms with Crippen LogP contribution in [0.15, 0.2) is 18.2 Å². The van der Waals surface area contributed by atoms with Crippen molar-refractivity contribution in [3.8, 4) is 0 Å². The van der Waals surface area contributed by atoms with Crippen molar-refractivity contribution in [2.75, 3.05) is 26.2 Å². The number of ether oxygens (including phenoxy) is 1. The van der Waals surface area contributed by atoms with E-state index in [-0.39, 0.29) is 5.91 Å². The Morgan fingerprint density at radius 3 is 2.61 bits per heavy atom. The van der Waals surface area contributed by atoms with Gasteiger partial charge in [0.25, 0.3) is 0 Å². The largest absolute Gasteiger partial charge is 0.370 e. The van der Waals surface area contributed by atoms with Gasteiger partial charge < -0.3 is 15.4 Å². The standard InChI is InChI=1S/C17H24F2N2O2/c1-3-17(4-2,11-20)16(22)21-7-8-23-15(10-21)12-5-6-13(18)14(19)9-12/h5-6,9,15H,3-4,7-8,10-11,20H2,1-2H3. The van der Waals surface area contributed by atoms with E-state index in [1.54, 1.807) is 4.90 Å². The lowest BCUT2D eigenvalue weighted by Crippen LogP contribution is -2.51. The number of hydrogen-bond acceptors (Lipinski definition) is 3. The van der Waals surface area contributed by atoms with E-state index >= 15 is 0 Å². The predicted molar refractivity (Wildman–Crippen MR) is 83.7 cm³/mol. The predicted octanol–water partition coefficient (Wildman–Crippen LogP) is 2.63. The molecule has 2 rings (SSSR count). The number of morpholine rings is 1. The van der Waals surface area contributed by atoms with Gasteiger partial charge in [0.2, 0.25) is 5.91 Å². The summed E-state index contributed by atoms with van der Waals surface area (Å²) >= 11 is 0. The first kappa shape index (κ1) is 17.8. The van der Waals surface area contributed by atoms with Crippen LogP contribution in [-0.2, 0) is 9.53 Å². The highest BCUT2D eigenvalue weighted by molar-refractivity contribution is 5.83. The van der Waals surface area contributed by atoms with Gasteiger partial charge >= 0.3 is 0 Å². The third-order valence-corrected chi connectivity index (χ3v) is 4.87. The van der Waals surface area contributed by atoms with Gasteiger partial charge in [0, 0.05) is 13.1 Å². The Balaban J connectivity index is 2.17. The van der Waals surface area contributed by atoms with Gasteiger partial charge in [-0.2, -0.15) is 0 Å². The Bertz CT molecular complexity index is 553. The maximum absolute atomic E-state index is 13.4. The molecule has 0 aromatic heterocycles. The number of halogens is 2. The van der Waals surface area contributed by atoms with Crippen molar-refractivity contribution in [3.05, 3.63) is 35.4 Å². The molecule has 1 amide bonds. The van der Waals surface area contributed by atoms with Gasteiger partial charge in [-0.05, 0) is 30.5 Å². The summed E-state index contributed by atoms with van der Waals surface area (Å²) in [6.45, 7) is 5.39. The number of nitrogens with zero attached hydrogens (tertiary/aromatic N) is 1. The fourth-order valence-corrected chi connectivity index (χ4v) is 3.01. The van der Waals surface area contributed by atoms with Crippen molar-refractivity contribution in [3.63, 3.8) is 0 Å². The molecule has 1 aromatic carbocycles. The molecule has 0 radical (unpaired) electrons. The normalized spacial score (nSPS) is 19.0. The molecule has 1 saturated heterocycles. The molecule has 1 heterocycles. The Labute approximate surface area is 135 Å². The lowest BCUT2D eigenvalue weighted by molar-refractivity contribution is -0.150. The van der Waals surface area contributed by atoms with E-state index in [0.717, 1.165) is 12.1 Å². The van der Waals surface area contributed by atoms with Gasteiger partial charge in [0.05, 0.1) is 18.6 Å². The number of rotatable bonds is 5. The van der Waals surface area contributed by atoms with Gasteiger partial charge in [-0.1, -0.05) is 19.9 Å². The smallest absolute Gasteiger partial charge is 0.230 e. The summed E-state index contributed by atoms with van der Waals surface area (Å²) in [7, 11) is 0. The molecular formula is C17H24F2N2O2. The fourth-order valence-electron chi connectivity index (χ4n) is 3.01. The van der Waals surface area contributed by atoms with Gasteiger partial charge in [0.15, 0.2) is 11.6 Å². The minimum Gasteiger partial charge on any atom is -0.370 e.